The van der Waals surface area contributed by atoms with E-state index < -0.39 is 15.8 Å². The molecular weight excluding hydrogens is 393 g/mol. The van der Waals surface area contributed by atoms with E-state index in [4.69, 9.17) is 0 Å². The molecule has 1 fully saturated rings. The number of sulfonamides is 1. The van der Waals surface area contributed by atoms with Crippen molar-refractivity contribution in [3.63, 3.8) is 0 Å². The lowest BCUT2D eigenvalue weighted by Gasteiger charge is -2.32. The van der Waals surface area contributed by atoms with Crippen molar-refractivity contribution in [3.05, 3.63) is 64.6 Å². The minimum absolute atomic E-state index is 0.0915. The molecule has 1 aliphatic heterocycles. The third-order valence-corrected chi connectivity index (χ3v) is 6.57. The molecule has 8 heteroatoms. The first-order valence-electron chi connectivity index (χ1n) is 9.74. The minimum atomic E-state index is -4.07. The first-order valence-corrected chi connectivity index (χ1v) is 11.2. The van der Waals surface area contributed by atoms with Gasteiger partial charge in [0.05, 0.1) is 24.0 Å². The molecule has 0 unspecified atom stereocenters. The van der Waals surface area contributed by atoms with Gasteiger partial charge in [-0.25, -0.2) is 12.8 Å². The predicted octanol–water partition coefficient (Wildman–Crippen LogP) is 2.41. The van der Waals surface area contributed by atoms with Crippen molar-refractivity contribution in [1.29, 1.82) is 0 Å². The van der Waals surface area contributed by atoms with E-state index in [9.17, 15) is 17.6 Å². The number of piperidine rings is 1. The van der Waals surface area contributed by atoms with Crippen molar-refractivity contribution in [1.82, 2.24) is 5.32 Å². The Morgan fingerprint density at radius 3 is 2.31 bits per heavy atom. The Kier molecular flexibility index (Phi) is 6.54. The van der Waals surface area contributed by atoms with Crippen molar-refractivity contribution in [2.24, 2.45) is 0 Å². The number of benzene rings is 2. The first kappa shape index (κ1) is 21.3. The number of quaternary nitrogens is 1. The molecule has 1 aliphatic rings. The third-order valence-electron chi connectivity index (χ3n) is 5.26. The van der Waals surface area contributed by atoms with E-state index in [2.05, 4.69) is 23.9 Å². The molecule has 0 atom stereocenters. The van der Waals surface area contributed by atoms with Crippen molar-refractivity contribution in [2.45, 2.75) is 43.7 Å². The molecule has 2 aromatic rings. The van der Waals surface area contributed by atoms with E-state index in [0.717, 1.165) is 32.0 Å². The average molecular weight is 420 g/mol. The lowest BCUT2D eigenvalue weighted by molar-refractivity contribution is -0.926. The fourth-order valence-electron chi connectivity index (χ4n) is 3.47. The topological polar surface area (TPSA) is 81.8 Å². The van der Waals surface area contributed by atoms with Crippen LogP contribution in [0.25, 0.3) is 4.72 Å². The van der Waals surface area contributed by atoms with Gasteiger partial charge >= 0.3 is 0 Å². The van der Waals surface area contributed by atoms with Crippen LogP contribution < -0.4 is 10.2 Å². The summed E-state index contributed by atoms with van der Waals surface area (Å²) in [6.45, 7) is 6.44. The lowest BCUT2D eigenvalue weighted by Crippen LogP contribution is -3.16. The van der Waals surface area contributed by atoms with Gasteiger partial charge < -0.3 is 14.9 Å². The highest BCUT2D eigenvalue weighted by atomic mass is 32.2. The van der Waals surface area contributed by atoms with Gasteiger partial charge in [0.2, 0.25) is 0 Å². The molecule has 1 heterocycles. The molecule has 6 nitrogen and oxygen atoms in total. The standard InChI is InChI=1S/C21H25FN3O3S/c1-15(2)25-13-11-17(12-14-25)23-21(26)16-7-9-18(10-8-16)29(27,28)24-20-6-4-3-5-19(20)22/h3-10,15,17H,11-14H2,1-2H3,(H,23,26)/q-1/p+1. The number of hydrogen-bond donors (Lipinski definition) is 2. The molecule has 29 heavy (non-hydrogen) atoms. The van der Waals surface area contributed by atoms with Gasteiger partial charge in [0.25, 0.3) is 5.91 Å². The maximum absolute atomic E-state index is 13.7. The predicted molar refractivity (Wildman–Crippen MR) is 109 cm³/mol. The number of nitrogens with zero attached hydrogens (tertiary/aromatic N) is 1. The van der Waals surface area contributed by atoms with E-state index in [1.807, 2.05) is 0 Å². The van der Waals surface area contributed by atoms with Gasteiger partial charge in [-0.15, -0.1) is 0 Å². The van der Waals surface area contributed by atoms with Crippen LogP contribution in [0.15, 0.2) is 53.4 Å². The fourth-order valence-corrected chi connectivity index (χ4v) is 4.46. The van der Waals surface area contributed by atoms with Gasteiger partial charge in [-0.2, -0.15) is 0 Å². The number of rotatable bonds is 6. The summed E-state index contributed by atoms with van der Waals surface area (Å²) >= 11 is 0. The summed E-state index contributed by atoms with van der Waals surface area (Å²) in [5.74, 6) is -0.935. The highest BCUT2D eigenvalue weighted by Gasteiger charge is 2.25. The molecule has 0 saturated carbocycles. The van der Waals surface area contributed by atoms with Crippen LogP contribution in [0.5, 0.6) is 0 Å². The second-order valence-corrected chi connectivity index (χ2v) is 9.21. The molecule has 2 N–H and O–H groups in total. The Morgan fingerprint density at radius 2 is 1.72 bits per heavy atom. The molecular formula is C21H26FN3O3S. The molecule has 0 spiro atoms. The zero-order valence-electron chi connectivity index (χ0n) is 16.6. The Morgan fingerprint density at radius 1 is 1.10 bits per heavy atom. The average Bonchev–Trinajstić information content (AvgIpc) is 2.70. The maximum atomic E-state index is 13.7. The molecule has 1 saturated heterocycles. The number of nitrogens with one attached hydrogen (secondary N) is 2. The van der Waals surface area contributed by atoms with Crippen LogP contribution >= 0.6 is 0 Å². The van der Waals surface area contributed by atoms with E-state index in [0.29, 0.717) is 11.6 Å². The monoisotopic (exact) mass is 419 g/mol. The smallest absolute Gasteiger partial charge is 0.251 e. The Bertz CT molecular complexity index is 953. The number of hydrogen-bond acceptors (Lipinski definition) is 3. The summed E-state index contributed by atoms with van der Waals surface area (Å²) in [7, 11) is -4.07. The molecule has 0 aromatic heterocycles. The summed E-state index contributed by atoms with van der Waals surface area (Å²) in [6, 6.07) is 11.7. The fraction of sp³-hybridized carbons (Fsp3) is 0.381. The zero-order valence-corrected chi connectivity index (χ0v) is 17.4. The number of carbonyl (C=O) groups is 1. The zero-order chi connectivity index (χ0) is 21.0. The van der Waals surface area contributed by atoms with Crippen LogP contribution in [0.4, 0.5) is 10.1 Å². The van der Waals surface area contributed by atoms with Gasteiger partial charge in [-0.1, -0.05) is 23.9 Å². The number of amides is 1. The van der Waals surface area contributed by atoms with Gasteiger partial charge in [0.15, 0.2) is 0 Å². The third kappa shape index (κ3) is 5.33. The van der Waals surface area contributed by atoms with Gasteiger partial charge in [-0.3, -0.25) is 4.79 Å². The Balaban J connectivity index is 1.62. The van der Waals surface area contributed by atoms with Crippen LogP contribution in [-0.4, -0.2) is 39.5 Å². The van der Waals surface area contributed by atoms with Gasteiger partial charge in [0.1, 0.15) is 15.8 Å². The SMILES string of the molecule is CC(C)[NH+]1CCC(NC(=O)c2ccc(S(=O)(=O)[N-]c3ccccc3F)cc2)CC1. The molecule has 0 bridgehead atoms. The normalized spacial score (nSPS) is 19.7. The maximum Gasteiger partial charge on any atom is 0.251 e. The molecule has 156 valence electrons. The summed E-state index contributed by atoms with van der Waals surface area (Å²) in [5.41, 5.74) is 0.137. The number of halogens is 1. The van der Waals surface area contributed by atoms with Crippen LogP contribution in [0.3, 0.4) is 0 Å². The molecule has 0 aliphatic carbocycles. The van der Waals surface area contributed by atoms with Crippen LogP contribution in [0.2, 0.25) is 0 Å². The molecule has 2 aromatic carbocycles. The molecule has 0 radical (unpaired) electrons. The van der Waals surface area contributed by atoms with Gasteiger partial charge in [0, 0.05) is 24.4 Å². The van der Waals surface area contributed by atoms with Crippen molar-refractivity contribution < 1.29 is 22.5 Å². The Labute approximate surface area is 171 Å². The van der Waals surface area contributed by atoms with E-state index in [-0.39, 0.29) is 22.5 Å². The van der Waals surface area contributed by atoms with E-state index >= 15 is 0 Å². The largest absolute Gasteiger partial charge is 0.570 e. The highest BCUT2D eigenvalue weighted by molar-refractivity contribution is 7.94. The summed E-state index contributed by atoms with van der Waals surface area (Å²) in [6.07, 6.45) is 1.85. The van der Waals surface area contributed by atoms with Crippen molar-refractivity contribution >= 4 is 21.6 Å². The number of likely N-dealkylation sites (tertiary alicyclic amines) is 1. The van der Waals surface area contributed by atoms with Crippen LogP contribution in [0.1, 0.15) is 37.0 Å². The second-order valence-electron chi connectivity index (χ2n) is 7.60. The highest BCUT2D eigenvalue weighted by Crippen LogP contribution is 2.29. The van der Waals surface area contributed by atoms with Gasteiger partial charge in [-0.05, 0) is 44.2 Å². The van der Waals surface area contributed by atoms with E-state index in [1.54, 1.807) is 4.90 Å². The quantitative estimate of drug-likeness (QED) is 0.754. The van der Waals surface area contributed by atoms with Crippen molar-refractivity contribution in [2.75, 3.05) is 13.1 Å². The lowest BCUT2D eigenvalue weighted by atomic mass is 10.0. The Hall–Kier alpha value is -2.45. The summed E-state index contributed by atoms with van der Waals surface area (Å²) in [4.78, 5) is 13.9. The van der Waals surface area contributed by atoms with Crippen LogP contribution in [0, 0.1) is 5.82 Å². The summed E-state index contributed by atoms with van der Waals surface area (Å²) in [5, 5.41) is 3.03. The van der Waals surface area contributed by atoms with Crippen molar-refractivity contribution in [3.8, 4) is 0 Å². The number of carbonyl (C=O) groups excluding carboxylic acids is 1. The molecule has 1 amide bonds. The van der Waals surface area contributed by atoms with E-state index in [1.165, 1.54) is 42.5 Å². The first-order chi connectivity index (χ1) is 13.8. The molecule has 3 rings (SSSR count). The minimum Gasteiger partial charge on any atom is -0.570 e. The summed E-state index contributed by atoms with van der Waals surface area (Å²) < 4.78 is 42.0. The second kappa shape index (κ2) is 8.92. The van der Waals surface area contributed by atoms with Crippen LogP contribution in [-0.2, 0) is 10.0 Å².